The van der Waals surface area contributed by atoms with Crippen molar-refractivity contribution in [3.8, 4) is 0 Å². The summed E-state index contributed by atoms with van der Waals surface area (Å²) in [4.78, 5) is 34.1. The predicted octanol–water partition coefficient (Wildman–Crippen LogP) is 4.44. The first-order chi connectivity index (χ1) is 14.9. The molecule has 1 N–H and O–H groups in total. The van der Waals surface area contributed by atoms with E-state index in [-0.39, 0.29) is 30.2 Å². The molecule has 2 aromatic rings. The Morgan fingerprint density at radius 2 is 1.81 bits per heavy atom. The van der Waals surface area contributed by atoms with E-state index in [1.54, 1.807) is 6.20 Å². The fourth-order valence-electron chi connectivity index (χ4n) is 4.05. The van der Waals surface area contributed by atoms with Gasteiger partial charge in [-0.25, -0.2) is 0 Å². The number of anilines is 1. The summed E-state index contributed by atoms with van der Waals surface area (Å²) in [5.41, 5.74) is 2.77. The van der Waals surface area contributed by atoms with Gasteiger partial charge in [0.15, 0.2) is 11.5 Å². The number of pyridine rings is 1. The Morgan fingerprint density at radius 1 is 1.13 bits per heavy atom. The molecule has 0 bridgehead atoms. The minimum atomic E-state index is -0.633. The number of nitrogens with zero attached hydrogens (tertiary/aromatic N) is 3. The van der Waals surface area contributed by atoms with Gasteiger partial charge in [-0.2, -0.15) is 0 Å². The van der Waals surface area contributed by atoms with Crippen molar-refractivity contribution < 1.29 is 14.7 Å². The molecular weight excluding hydrogens is 390 g/mol. The SMILES string of the molecule is CCN(CC)c1ccc(C2C(C(=O)CC(C)C)=C(O)C(=O)N2Cc2ccccn2)cc1. The van der Waals surface area contributed by atoms with Crippen molar-refractivity contribution in [1.29, 1.82) is 0 Å². The second-order valence-corrected chi connectivity index (χ2v) is 8.20. The molecular formula is C25H31N3O3. The molecule has 6 heteroatoms. The van der Waals surface area contributed by atoms with Crippen molar-refractivity contribution in [2.75, 3.05) is 18.0 Å². The number of aliphatic hydroxyl groups is 1. The van der Waals surface area contributed by atoms with Crippen molar-refractivity contribution in [2.45, 2.75) is 46.7 Å². The van der Waals surface area contributed by atoms with Gasteiger partial charge in [-0.1, -0.05) is 32.0 Å². The molecule has 0 radical (unpaired) electrons. The van der Waals surface area contributed by atoms with Crippen LogP contribution in [0.1, 0.15) is 51.4 Å². The molecule has 1 atom stereocenters. The van der Waals surface area contributed by atoms with Crippen LogP contribution in [0.3, 0.4) is 0 Å². The van der Waals surface area contributed by atoms with Crippen molar-refractivity contribution in [3.63, 3.8) is 0 Å². The largest absolute Gasteiger partial charge is 0.503 e. The van der Waals surface area contributed by atoms with Crippen LogP contribution in [0.5, 0.6) is 0 Å². The van der Waals surface area contributed by atoms with Crippen LogP contribution < -0.4 is 4.90 Å². The molecule has 1 aliphatic rings. The summed E-state index contributed by atoms with van der Waals surface area (Å²) in [6, 6.07) is 12.8. The molecule has 31 heavy (non-hydrogen) atoms. The van der Waals surface area contributed by atoms with Crippen molar-refractivity contribution in [3.05, 3.63) is 71.3 Å². The van der Waals surface area contributed by atoms with E-state index in [4.69, 9.17) is 0 Å². The quantitative estimate of drug-likeness (QED) is 0.648. The molecule has 3 rings (SSSR count). The summed E-state index contributed by atoms with van der Waals surface area (Å²) in [5, 5.41) is 10.7. The van der Waals surface area contributed by atoms with Crippen LogP contribution in [0.2, 0.25) is 0 Å². The highest BCUT2D eigenvalue weighted by Gasteiger charge is 2.43. The molecule has 1 aromatic carbocycles. The minimum Gasteiger partial charge on any atom is -0.503 e. The summed E-state index contributed by atoms with van der Waals surface area (Å²) in [6.07, 6.45) is 1.94. The Bertz CT molecular complexity index is 948. The molecule has 0 saturated heterocycles. The predicted molar refractivity (Wildman–Crippen MR) is 122 cm³/mol. The molecule has 1 unspecified atom stereocenters. The molecule has 0 saturated carbocycles. The standard InChI is InChI=1S/C25H31N3O3/c1-5-27(6-2)20-12-10-18(11-13-20)23-22(21(29)15-17(3)4)24(30)25(31)28(23)16-19-9-7-8-14-26-19/h7-14,17,23,30H,5-6,15-16H2,1-4H3. The maximum Gasteiger partial charge on any atom is 0.290 e. The number of rotatable bonds is 9. The molecule has 1 aliphatic heterocycles. The van der Waals surface area contributed by atoms with Crippen LogP contribution in [-0.4, -0.2) is 39.8 Å². The van der Waals surface area contributed by atoms with Crippen LogP contribution >= 0.6 is 0 Å². The van der Waals surface area contributed by atoms with Crippen LogP contribution in [0.25, 0.3) is 0 Å². The highest BCUT2D eigenvalue weighted by Crippen LogP contribution is 2.40. The van der Waals surface area contributed by atoms with E-state index in [0.717, 1.165) is 24.3 Å². The van der Waals surface area contributed by atoms with Crippen molar-refractivity contribution >= 4 is 17.4 Å². The van der Waals surface area contributed by atoms with Gasteiger partial charge in [-0.15, -0.1) is 0 Å². The number of carbonyl (C=O) groups is 2. The van der Waals surface area contributed by atoms with E-state index >= 15 is 0 Å². The van der Waals surface area contributed by atoms with Crippen LogP contribution in [0.15, 0.2) is 60.0 Å². The monoisotopic (exact) mass is 421 g/mol. The lowest BCUT2D eigenvalue weighted by atomic mass is 9.92. The number of carbonyl (C=O) groups excluding carboxylic acids is 2. The third kappa shape index (κ3) is 4.79. The zero-order valence-corrected chi connectivity index (χ0v) is 18.7. The van der Waals surface area contributed by atoms with Gasteiger partial charge in [0, 0.05) is 31.4 Å². The summed E-state index contributed by atoms with van der Waals surface area (Å²) in [5.74, 6) is -1.05. The smallest absolute Gasteiger partial charge is 0.290 e. The zero-order chi connectivity index (χ0) is 22.5. The molecule has 0 fully saturated rings. The van der Waals surface area contributed by atoms with Gasteiger partial charge in [-0.3, -0.25) is 14.6 Å². The summed E-state index contributed by atoms with van der Waals surface area (Å²) >= 11 is 0. The Kier molecular flexibility index (Phi) is 7.10. The number of hydrogen-bond acceptors (Lipinski definition) is 5. The second-order valence-electron chi connectivity index (χ2n) is 8.20. The number of Topliss-reactive ketones (excluding diaryl/α,β-unsaturated/α-hetero) is 1. The second kappa shape index (κ2) is 9.77. The minimum absolute atomic E-state index is 0.124. The molecule has 1 amide bonds. The van der Waals surface area contributed by atoms with Crippen molar-refractivity contribution in [2.24, 2.45) is 5.92 Å². The average molecular weight is 422 g/mol. The number of ketones is 1. The number of hydrogen-bond donors (Lipinski definition) is 1. The highest BCUT2D eigenvalue weighted by molar-refractivity contribution is 6.09. The highest BCUT2D eigenvalue weighted by atomic mass is 16.3. The first-order valence-electron chi connectivity index (χ1n) is 10.9. The van der Waals surface area contributed by atoms with Gasteiger partial charge < -0.3 is 14.9 Å². The van der Waals surface area contributed by atoms with E-state index in [2.05, 4.69) is 23.7 Å². The van der Waals surface area contributed by atoms with Gasteiger partial charge in [0.2, 0.25) is 0 Å². The average Bonchev–Trinajstić information content (AvgIpc) is 3.00. The molecule has 0 spiro atoms. The number of benzene rings is 1. The molecule has 6 nitrogen and oxygen atoms in total. The maximum absolute atomic E-state index is 13.0. The van der Waals surface area contributed by atoms with Crippen LogP contribution in [0, 0.1) is 5.92 Å². The Labute approximate surface area is 184 Å². The summed E-state index contributed by atoms with van der Waals surface area (Å²) in [6.45, 7) is 10.1. The lowest BCUT2D eigenvalue weighted by molar-refractivity contribution is -0.130. The van der Waals surface area contributed by atoms with Gasteiger partial charge in [0.1, 0.15) is 0 Å². The lowest BCUT2D eigenvalue weighted by Gasteiger charge is -2.28. The topological polar surface area (TPSA) is 73.7 Å². The van der Waals surface area contributed by atoms with Gasteiger partial charge in [-0.05, 0) is 49.6 Å². The number of amides is 1. The number of aromatic nitrogens is 1. The summed E-state index contributed by atoms with van der Waals surface area (Å²) < 4.78 is 0. The van der Waals surface area contributed by atoms with E-state index in [9.17, 15) is 14.7 Å². The lowest BCUT2D eigenvalue weighted by Crippen LogP contribution is -2.31. The molecule has 164 valence electrons. The van der Waals surface area contributed by atoms with Gasteiger partial charge >= 0.3 is 0 Å². The maximum atomic E-state index is 13.0. The molecule has 0 aliphatic carbocycles. The fourth-order valence-corrected chi connectivity index (χ4v) is 4.05. The third-order valence-corrected chi connectivity index (χ3v) is 5.59. The first-order valence-corrected chi connectivity index (χ1v) is 10.9. The Balaban J connectivity index is 2.02. The Hall–Kier alpha value is -3.15. The Morgan fingerprint density at radius 3 is 2.35 bits per heavy atom. The van der Waals surface area contributed by atoms with Crippen LogP contribution in [-0.2, 0) is 16.1 Å². The van der Waals surface area contributed by atoms with Crippen LogP contribution in [0.4, 0.5) is 5.69 Å². The van der Waals surface area contributed by atoms with Crippen molar-refractivity contribution in [1.82, 2.24) is 9.88 Å². The van der Waals surface area contributed by atoms with E-state index in [1.807, 2.05) is 56.3 Å². The molecule has 2 heterocycles. The molecule has 1 aromatic heterocycles. The third-order valence-electron chi connectivity index (χ3n) is 5.59. The van der Waals surface area contributed by atoms with E-state index in [1.165, 1.54) is 4.90 Å². The first kappa shape index (κ1) is 22.5. The summed E-state index contributed by atoms with van der Waals surface area (Å²) in [7, 11) is 0. The zero-order valence-electron chi connectivity index (χ0n) is 18.7. The normalized spacial score (nSPS) is 16.4. The van der Waals surface area contributed by atoms with E-state index in [0.29, 0.717) is 5.69 Å². The van der Waals surface area contributed by atoms with Gasteiger partial charge in [0.05, 0.1) is 23.9 Å². The number of aliphatic hydroxyl groups excluding tert-OH is 1. The van der Waals surface area contributed by atoms with Gasteiger partial charge in [0.25, 0.3) is 5.91 Å². The van der Waals surface area contributed by atoms with E-state index < -0.39 is 17.7 Å². The fraction of sp³-hybridized carbons (Fsp3) is 0.400.